The van der Waals surface area contributed by atoms with Gasteiger partial charge in [-0.25, -0.2) is 0 Å². The first-order chi connectivity index (χ1) is 10.7. The van der Waals surface area contributed by atoms with E-state index in [0.717, 1.165) is 10.2 Å². The average Bonchev–Trinajstić information content (AvgIpc) is 2.83. The van der Waals surface area contributed by atoms with Crippen LogP contribution in [0, 0.1) is 6.92 Å². The van der Waals surface area contributed by atoms with Crippen LogP contribution in [0.2, 0.25) is 0 Å². The quantitative estimate of drug-likeness (QED) is 0.429. The lowest BCUT2D eigenvalue weighted by Gasteiger charge is -2.04. The fourth-order valence-electron chi connectivity index (χ4n) is 2.95. The summed E-state index contributed by atoms with van der Waals surface area (Å²) in [6.45, 7) is 2.13. The van der Waals surface area contributed by atoms with Gasteiger partial charge in [0.25, 0.3) is 0 Å². The average molecular weight is 348 g/mol. The van der Waals surface area contributed by atoms with Gasteiger partial charge in [0.1, 0.15) is 0 Å². The Morgan fingerprint density at radius 3 is 2.55 bits per heavy atom. The molecule has 0 saturated heterocycles. The smallest absolute Gasteiger partial charge is 0.0786 e. The van der Waals surface area contributed by atoms with Crippen molar-refractivity contribution in [1.82, 2.24) is 4.98 Å². The summed E-state index contributed by atoms with van der Waals surface area (Å²) in [4.78, 5) is 4.59. The number of hydrogen-bond acceptors (Lipinski definition) is 1. The highest BCUT2D eigenvalue weighted by Gasteiger charge is 2.24. The van der Waals surface area contributed by atoms with Gasteiger partial charge < -0.3 is 0 Å². The van der Waals surface area contributed by atoms with Gasteiger partial charge in [-0.1, -0.05) is 57.9 Å². The van der Waals surface area contributed by atoms with Crippen LogP contribution in [-0.4, -0.2) is 4.98 Å². The zero-order valence-electron chi connectivity index (χ0n) is 12.2. The van der Waals surface area contributed by atoms with E-state index in [0.29, 0.717) is 0 Å². The minimum atomic E-state index is 1.08. The van der Waals surface area contributed by atoms with Crippen molar-refractivity contribution in [2.24, 2.45) is 0 Å². The second-order valence-corrected chi connectivity index (χ2v) is 6.47. The number of aryl methyl sites for hydroxylation is 1. The van der Waals surface area contributed by atoms with E-state index in [1.807, 2.05) is 12.3 Å². The van der Waals surface area contributed by atoms with Gasteiger partial charge in [0, 0.05) is 21.8 Å². The topological polar surface area (TPSA) is 12.9 Å². The van der Waals surface area contributed by atoms with Crippen LogP contribution in [0.4, 0.5) is 0 Å². The maximum absolute atomic E-state index is 4.59. The summed E-state index contributed by atoms with van der Waals surface area (Å²) >= 11 is 3.49. The van der Waals surface area contributed by atoms with Gasteiger partial charge in [0.15, 0.2) is 0 Å². The van der Waals surface area contributed by atoms with Crippen LogP contribution in [0.1, 0.15) is 22.3 Å². The lowest BCUT2D eigenvalue weighted by atomic mass is 10.00. The Hall–Kier alpha value is -2.19. The number of rotatable bonds is 1. The Labute approximate surface area is 138 Å². The second-order valence-electron chi connectivity index (χ2n) is 5.56. The highest BCUT2D eigenvalue weighted by atomic mass is 79.9. The van der Waals surface area contributed by atoms with Crippen molar-refractivity contribution in [3.8, 4) is 11.3 Å². The molecule has 0 spiro atoms. The van der Waals surface area contributed by atoms with Crippen molar-refractivity contribution in [1.29, 1.82) is 0 Å². The maximum Gasteiger partial charge on any atom is 0.0786 e. The second kappa shape index (κ2) is 5.22. The summed E-state index contributed by atoms with van der Waals surface area (Å²) in [6, 6.07) is 19.1. The van der Waals surface area contributed by atoms with Gasteiger partial charge in [-0.05, 0) is 47.9 Å². The summed E-state index contributed by atoms with van der Waals surface area (Å²) in [5.74, 6) is 0. The van der Waals surface area contributed by atoms with E-state index >= 15 is 0 Å². The Morgan fingerprint density at radius 1 is 0.909 bits per heavy atom. The molecule has 1 aliphatic rings. The van der Waals surface area contributed by atoms with E-state index in [1.54, 1.807) is 0 Å². The van der Waals surface area contributed by atoms with Gasteiger partial charge >= 0.3 is 0 Å². The van der Waals surface area contributed by atoms with E-state index in [-0.39, 0.29) is 0 Å². The largest absolute Gasteiger partial charge is 0.256 e. The molecule has 106 valence electrons. The number of nitrogens with zero attached hydrogens (tertiary/aromatic N) is 1. The molecule has 0 N–H and O–H groups in total. The molecule has 2 heteroatoms. The van der Waals surface area contributed by atoms with E-state index in [4.69, 9.17) is 0 Å². The number of aromatic nitrogens is 1. The number of halogens is 1. The molecule has 0 radical (unpaired) electrons. The van der Waals surface area contributed by atoms with Crippen molar-refractivity contribution < 1.29 is 0 Å². The molecule has 1 aliphatic carbocycles. The molecule has 1 heterocycles. The van der Waals surface area contributed by atoms with Crippen molar-refractivity contribution in [2.75, 3.05) is 0 Å². The maximum atomic E-state index is 4.59. The molecular weight excluding hydrogens is 334 g/mol. The van der Waals surface area contributed by atoms with Crippen molar-refractivity contribution in [3.05, 3.63) is 87.5 Å². The number of pyridine rings is 1. The predicted octanol–water partition coefficient (Wildman–Crippen LogP) is 5.72. The standard InChI is InChI=1S/C20H14BrN/c1-13-4-9-17-18(11-13)19(16-3-2-10-22-20(16)17)12-14-5-7-15(21)8-6-14/h2-12H,1H3/b19-12+. The molecule has 0 atom stereocenters. The SMILES string of the molecule is Cc1ccc2c(c1)/C(=C/c1ccc(Br)cc1)c1cccnc1-2. The molecule has 0 saturated carbocycles. The predicted molar refractivity (Wildman–Crippen MR) is 95.5 cm³/mol. The summed E-state index contributed by atoms with van der Waals surface area (Å²) in [5.41, 5.74) is 8.52. The zero-order chi connectivity index (χ0) is 15.1. The molecule has 4 rings (SSSR count). The van der Waals surface area contributed by atoms with Crippen LogP contribution in [-0.2, 0) is 0 Å². The highest BCUT2D eigenvalue weighted by molar-refractivity contribution is 9.10. The third-order valence-electron chi connectivity index (χ3n) is 4.00. The summed E-state index contributed by atoms with van der Waals surface area (Å²) in [6.07, 6.45) is 4.11. The van der Waals surface area contributed by atoms with Gasteiger partial charge in [-0.2, -0.15) is 0 Å². The zero-order valence-corrected chi connectivity index (χ0v) is 13.8. The molecule has 0 aliphatic heterocycles. The lowest BCUT2D eigenvalue weighted by molar-refractivity contribution is 1.33. The monoisotopic (exact) mass is 347 g/mol. The van der Waals surface area contributed by atoms with Crippen LogP contribution in [0.5, 0.6) is 0 Å². The third-order valence-corrected chi connectivity index (χ3v) is 4.53. The summed E-state index contributed by atoms with van der Waals surface area (Å²) in [7, 11) is 0. The van der Waals surface area contributed by atoms with Gasteiger partial charge in [0.05, 0.1) is 5.69 Å². The molecule has 22 heavy (non-hydrogen) atoms. The fraction of sp³-hybridized carbons (Fsp3) is 0.0500. The molecule has 0 bridgehead atoms. The number of fused-ring (bicyclic) bond motifs is 3. The normalized spacial score (nSPS) is 14.0. The highest BCUT2D eigenvalue weighted by Crippen LogP contribution is 2.44. The molecule has 0 fully saturated rings. The Bertz CT molecular complexity index is 892. The third kappa shape index (κ3) is 2.20. The molecule has 0 amide bonds. The van der Waals surface area contributed by atoms with Crippen LogP contribution in [0.3, 0.4) is 0 Å². The first-order valence-corrected chi connectivity index (χ1v) is 8.06. The van der Waals surface area contributed by atoms with Crippen molar-refractivity contribution in [3.63, 3.8) is 0 Å². The molecular formula is C20H14BrN. The summed E-state index contributed by atoms with van der Waals surface area (Å²) in [5, 5.41) is 0. The van der Waals surface area contributed by atoms with Crippen molar-refractivity contribution in [2.45, 2.75) is 6.92 Å². The van der Waals surface area contributed by atoms with Crippen LogP contribution in [0.15, 0.2) is 65.3 Å². The first-order valence-electron chi connectivity index (χ1n) is 7.26. The van der Waals surface area contributed by atoms with Gasteiger partial charge in [-0.3, -0.25) is 4.98 Å². The van der Waals surface area contributed by atoms with Crippen LogP contribution < -0.4 is 0 Å². The van der Waals surface area contributed by atoms with Gasteiger partial charge in [-0.15, -0.1) is 0 Å². The van der Waals surface area contributed by atoms with Crippen LogP contribution >= 0.6 is 15.9 Å². The fourth-order valence-corrected chi connectivity index (χ4v) is 3.22. The minimum absolute atomic E-state index is 1.08. The number of hydrogen-bond donors (Lipinski definition) is 0. The lowest BCUT2D eigenvalue weighted by Crippen LogP contribution is -1.83. The molecule has 2 aromatic carbocycles. The Balaban J connectivity index is 1.96. The van der Waals surface area contributed by atoms with E-state index in [1.165, 1.54) is 33.4 Å². The minimum Gasteiger partial charge on any atom is -0.256 e. The molecule has 1 aromatic heterocycles. The van der Waals surface area contributed by atoms with E-state index in [9.17, 15) is 0 Å². The first kappa shape index (κ1) is 13.5. The van der Waals surface area contributed by atoms with Gasteiger partial charge in [0.2, 0.25) is 0 Å². The molecule has 1 nitrogen and oxygen atoms in total. The van der Waals surface area contributed by atoms with E-state index < -0.39 is 0 Å². The summed E-state index contributed by atoms with van der Waals surface area (Å²) < 4.78 is 1.10. The van der Waals surface area contributed by atoms with Crippen molar-refractivity contribution >= 4 is 27.6 Å². The Kier molecular flexibility index (Phi) is 3.20. The molecule has 0 unspecified atom stereocenters. The molecule has 3 aromatic rings. The van der Waals surface area contributed by atoms with Crippen LogP contribution in [0.25, 0.3) is 22.9 Å². The van der Waals surface area contributed by atoms with E-state index in [2.05, 4.69) is 82.4 Å². The number of benzene rings is 2. The Morgan fingerprint density at radius 2 is 1.73 bits per heavy atom.